The van der Waals surface area contributed by atoms with Crippen LogP contribution in [0, 0.1) is 11.8 Å². The Balaban J connectivity index is 1.72. The molecular formula is C18H30N2S. The summed E-state index contributed by atoms with van der Waals surface area (Å²) in [5, 5.41) is 5.12. The molecule has 2 atom stereocenters. The number of nitrogens with zero attached hydrogens (tertiary/aromatic N) is 1. The molecule has 2 nitrogen and oxygen atoms in total. The van der Waals surface area contributed by atoms with Crippen LogP contribution in [0.25, 0.3) is 0 Å². The first-order valence-electron chi connectivity index (χ1n) is 8.83. The van der Waals surface area contributed by atoms with Crippen LogP contribution in [0.2, 0.25) is 0 Å². The molecule has 0 amide bonds. The molecule has 2 unspecified atom stereocenters. The number of rotatable bonds is 6. The second-order valence-corrected chi connectivity index (χ2v) is 8.76. The molecule has 1 N–H and O–H groups in total. The van der Waals surface area contributed by atoms with E-state index in [-0.39, 0.29) is 0 Å². The number of hydrogen-bond donors (Lipinski definition) is 1. The molecule has 2 aliphatic carbocycles. The zero-order valence-electron chi connectivity index (χ0n) is 13.8. The van der Waals surface area contributed by atoms with E-state index in [1.54, 1.807) is 0 Å². The Hall–Kier alpha value is -0.410. The number of thiazole rings is 1. The first-order chi connectivity index (χ1) is 10.1. The fourth-order valence-corrected chi connectivity index (χ4v) is 4.64. The predicted molar refractivity (Wildman–Crippen MR) is 90.9 cm³/mol. The number of aromatic nitrogens is 1. The van der Waals surface area contributed by atoms with Gasteiger partial charge >= 0.3 is 0 Å². The lowest BCUT2D eigenvalue weighted by atomic mass is 9.83. The van der Waals surface area contributed by atoms with Gasteiger partial charge in [-0.15, -0.1) is 11.3 Å². The summed E-state index contributed by atoms with van der Waals surface area (Å²) in [6.07, 6.45) is 9.38. The molecule has 2 saturated carbocycles. The van der Waals surface area contributed by atoms with Crippen molar-refractivity contribution in [2.75, 3.05) is 0 Å². The Morgan fingerprint density at radius 1 is 1.24 bits per heavy atom. The minimum atomic E-state index is 0.699. The molecule has 2 fully saturated rings. The van der Waals surface area contributed by atoms with Crippen LogP contribution in [0.15, 0.2) is 0 Å². The maximum Gasteiger partial charge on any atom is 0.0962 e. The SMILES string of the molecule is CC(C)Cc1nc(C2CCCC(C)C2)sc1CNC1CC1. The van der Waals surface area contributed by atoms with Crippen LogP contribution in [-0.2, 0) is 13.0 Å². The second kappa shape index (κ2) is 6.78. The molecule has 0 aliphatic heterocycles. The number of hydrogen-bond acceptors (Lipinski definition) is 3. The van der Waals surface area contributed by atoms with Crippen molar-refractivity contribution in [3.8, 4) is 0 Å². The smallest absolute Gasteiger partial charge is 0.0962 e. The summed E-state index contributed by atoms with van der Waals surface area (Å²) in [6.45, 7) is 8.07. The van der Waals surface area contributed by atoms with Gasteiger partial charge in [-0.05, 0) is 43.9 Å². The summed E-state index contributed by atoms with van der Waals surface area (Å²) in [4.78, 5) is 6.60. The Bertz CT molecular complexity index is 462. The monoisotopic (exact) mass is 306 g/mol. The standard InChI is InChI=1S/C18H30N2S/c1-12(2)9-16-17(11-19-15-7-8-15)21-18(20-16)14-6-4-5-13(3)10-14/h12-15,19H,4-11H2,1-3H3. The quantitative estimate of drug-likeness (QED) is 0.809. The lowest BCUT2D eigenvalue weighted by Gasteiger charge is -2.24. The lowest BCUT2D eigenvalue weighted by Crippen LogP contribution is -2.15. The molecule has 0 radical (unpaired) electrons. The van der Waals surface area contributed by atoms with Gasteiger partial charge in [-0.25, -0.2) is 4.98 Å². The average molecular weight is 307 g/mol. The van der Waals surface area contributed by atoms with Crippen LogP contribution >= 0.6 is 11.3 Å². The summed E-state index contributed by atoms with van der Waals surface area (Å²) in [6, 6.07) is 0.789. The van der Waals surface area contributed by atoms with Gasteiger partial charge in [0.25, 0.3) is 0 Å². The minimum absolute atomic E-state index is 0.699. The summed E-state index contributed by atoms with van der Waals surface area (Å²) in [7, 11) is 0. The van der Waals surface area contributed by atoms with E-state index in [1.165, 1.54) is 54.1 Å². The van der Waals surface area contributed by atoms with Crippen LogP contribution in [0.5, 0.6) is 0 Å². The summed E-state index contributed by atoms with van der Waals surface area (Å²) in [5.74, 6) is 2.32. The van der Waals surface area contributed by atoms with E-state index >= 15 is 0 Å². The molecule has 0 saturated heterocycles. The molecule has 3 rings (SSSR count). The van der Waals surface area contributed by atoms with Gasteiger partial charge in [-0.3, -0.25) is 0 Å². The molecular weight excluding hydrogens is 276 g/mol. The summed E-state index contributed by atoms with van der Waals surface area (Å²) < 4.78 is 0. The van der Waals surface area contributed by atoms with Crippen molar-refractivity contribution in [2.45, 2.75) is 84.2 Å². The van der Waals surface area contributed by atoms with E-state index in [0.717, 1.165) is 30.8 Å². The molecule has 0 bridgehead atoms. The number of nitrogens with one attached hydrogen (secondary N) is 1. The molecule has 1 aromatic rings. The molecule has 118 valence electrons. The van der Waals surface area contributed by atoms with Crippen molar-refractivity contribution >= 4 is 11.3 Å². The average Bonchev–Trinajstić information content (AvgIpc) is 3.18. The second-order valence-electron chi connectivity index (χ2n) is 7.64. The molecule has 2 aliphatic rings. The van der Waals surface area contributed by atoms with Crippen LogP contribution < -0.4 is 5.32 Å². The van der Waals surface area contributed by atoms with E-state index in [4.69, 9.17) is 4.98 Å². The highest BCUT2D eigenvalue weighted by molar-refractivity contribution is 7.11. The largest absolute Gasteiger partial charge is 0.309 e. The van der Waals surface area contributed by atoms with Crippen LogP contribution in [0.4, 0.5) is 0 Å². The highest BCUT2D eigenvalue weighted by Gasteiger charge is 2.26. The molecule has 1 aromatic heterocycles. The highest BCUT2D eigenvalue weighted by atomic mass is 32.1. The molecule has 0 spiro atoms. The van der Waals surface area contributed by atoms with Crippen molar-refractivity contribution in [1.82, 2.24) is 10.3 Å². The zero-order chi connectivity index (χ0) is 14.8. The fraction of sp³-hybridized carbons (Fsp3) is 0.833. The normalized spacial score (nSPS) is 26.5. The van der Waals surface area contributed by atoms with Gasteiger partial charge in [-0.2, -0.15) is 0 Å². The Morgan fingerprint density at radius 2 is 2.05 bits per heavy atom. The third kappa shape index (κ3) is 4.29. The highest BCUT2D eigenvalue weighted by Crippen LogP contribution is 2.39. The van der Waals surface area contributed by atoms with Gasteiger partial charge < -0.3 is 5.32 Å². The topological polar surface area (TPSA) is 24.9 Å². The Kier molecular flexibility index (Phi) is 5.00. The van der Waals surface area contributed by atoms with E-state index in [1.807, 2.05) is 11.3 Å². The van der Waals surface area contributed by atoms with Gasteiger partial charge in [-0.1, -0.05) is 33.6 Å². The maximum atomic E-state index is 5.09. The molecule has 1 heterocycles. The van der Waals surface area contributed by atoms with Crippen molar-refractivity contribution in [3.05, 3.63) is 15.6 Å². The summed E-state index contributed by atoms with van der Waals surface area (Å²) >= 11 is 2.01. The van der Waals surface area contributed by atoms with Crippen molar-refractivity contribution in [3.63, 3.8) is 0 Å². The van der Waals surface area contributed by atoms with Gasteiger partial charge in [0.1, 0.15) is 0 Å². The molecule has 0 aromatic carbocycles. The first-order valence-corrected chi connectivity index (χ1v) is 9.65. The Labute approximate surface area is 133 Å². The zero-order valence-corrected chi connectivity index (χ0v) is 14.6. The van der Waals surface area contributed by atoms with E-state index < -0.39 is 0 Å². The molecule has 21 heavy (non-hydrogen) atoms. The van der Waals surface area contributed by atoms with Gasteiger partial charge in [0.05, 0.1) is 10.7 Å². The predicted octanol–water partition coefficient (Wildman–Crippen LogP) is 4.89. The minimum Gasteiger partial charge on any atom is -0.309 e. The van der Waals surface area contributed by atoms with Crippen LogP contribution in [0.1, 0.15) is 80.8 Å². The lowest BCUT2D eigenvalue weighted by molar-refractivity contribution is 0.343. The summed E-state index contributed by atoms with van der Waals surface area (Å²) in [5.41, 5.74) is 1.39. The van der Waals surface area contributed by atoms with Gasteiger partial charge in [0, 0.05) is 23.4 Å². The van der Waals surface area contributed by atoms with Gasteiger partial charge in [0.15, 0.2) is 0 Å². The van der Waals surface area contributed by atoms with Crippen molar-refractivity contribution in [2.24, 2.45) is 11.8 Å². The maximum absolute atomic E-state index is 5.09. The third-order valence-electron chi connectivity index (χ3n) is 4.81. The van der Waals surface area contributed by atoms with Crippen molar-refractivity contribution < 1.29 is 0 Å². The van der Waals surface area contributed by atoms with Gasteiger partial charge in [0.2, 0.25) is 0 Å². The first kappa shape index (κ1) is 15.5. The van der Waals surface area contributed by atoms with E-state index in [2.05, 4.69) is 26.1 Å². The third-order valence-corrected chi connectivity index (χ3v) is 6.07. The molecule has 3 heteroatoms. The van der Waals surface area contributed by atoms with Crippen molar-refractivity contribution in [1.29, 1.82) is 0 Å². The van der Waals surface area contributed by atoms with Crippen LogP contribution in [-0.4, -0.2) is 11.0 Å². The van der Waals surface area contributed by atoms with E-state index in [0.29, 0.717) is 5.92 Å². The van der Waals surface area contributed by atoms with Crippen LogP contribution in [0.3, 0.4) is 0 Å². The Morgan fingerprint density at radius 3 is 2.71 bits per heavy atom. The van der Waals surface area contributed by atoms with E-state index in [9.17, 15) is 0 Å². The fourth-order valence-electron chi connectivity index (χ4n) is 3.45.